The van der Waals surface area contributed by atoms with E-state index in [1.165, 1.54) is 93.2 Å². The molecule has 0 aliphatic heterocycles. The number of allylic oxidation sites excluding steroid dienone is 4. The number of benzene rings is 9. The molecule has 12 rings (SSSR count). The lowest BCUT2D eigenvalue weighted by molar-refractivity contribution is 0.669. The normalized spacial score (nSPS) is 12.6. The molecule has 0 saturated carbocycles. The Morgan fingerprint density at radius 1 is 0.468 bits per heavy atom. The fourth-order valence-corrected chi connectivity index (χ4v) is 9.37. The zero-order valence-corrected chi connectivity index (χ0v) is 35.7. The summed E-state index contributed by atoms with van der Waals surface area (Å²) in [4.78, 5) is 0. The van der Waals surface area contributed by atoms with Gasteiger partial charge >= 0.3 is 0 Å². The molecule has 0 saturated heterocycles. The monoisotopic (exact) mass is 797 g/mol. The third-order valence-corrected chi connectivity index (χ3v) is 12.7. The van der Waals surface area contributed by atoms with E-state index in [0.717, 1.165) is 33.4 Å². The third kappa shape index (κ3) is 6.44. The Morgan fingerprint density at radius 3 is 1.89 bits per heavy atom. The Labute approximate surface area is 363 Å². The number of hydrogen-bond acceptors (Lipinski definition) is 1. The lowest BCUT2D eigenvalue weighted by atomic mass is 9.94. The molecule has 1 aliphatic rings. The van der Waals surface area contributed by atoms with Crippen LogP contribution >= 0.6 is 0 Å². The Morgan fingerprint density at radius 2 is 1.13 bits per heavy atom. The highest BCUT2D eigenvalue weighted by atomic mass is 16.3. The summed E-state index contributed by atoms with van der Waals surface area (Å²) in [6.07, 6.45) is 3.92. The van der Waals surface area contributed by atoms with Crippen LogP contribution in [0.4, 0.5) is 0 Å². The van der Waals surface area contributed by atoms with Gasteiger partial charge in [0.1, 0.15) is 11.2 Å². The van der Waals surface area contributed by atoms with Crippen LogP contribution in [0.1, 0.15) is 33.4 Å². The fourth-order valence-electron chi connectivity index (χ4n) is 9.37. The van der Waals surface area contributed by atoms with Crippen molar-refractivity contribution in [3.8, 4) is 16.8 Å². The summed E-state index contributed by atoms with van der Waals surface area (Å²) in [5.74, 6) is 0. The van der Waals surface area contributed by atoms with E-state index in [9.17, 15) is 0 Å². The average molecular weight is 798 g/mol. The van der Waals surface area contributed by atoms with Crippen LogP contribution in [0, 0.1) is 27.7 Å². The maximum atomic E-state index is 6.25. The van der Waals surface area contributed by atoms with Crippen LogP contribution in [0.3, 0.4) is 0 Å². The molecule has 62 heavy (non-hydrogen) atoms. The summed E-state index contributed by atoms with van der Waals surface area (Å²) < 4.78 is 8.66. The van der Waals surface area contributed by atoms with Gasteiger partial charge in [0.15, 0.2) is 0 Å². The lowest BCUT2D eigenvalue weighted by Gasteiger charge is -2.13. The molecule has 0 fully saturated rings. The molecule has 0 spiro atoms. The van der Waals surface area contributed by atoms with Crippen LogP contribution in [-0.4, -0.2) is 4.57 Å². The van der Waals surface area contributed by atoms with Crippen LogP contribution in [0.15, 0.2) is 206 Å². The number of aromatic nitrogens is 1. The first-order valence-corrected chi connectivity index (χ1v) is 21.3. The molecule has 9 aromatic carbocycles. The largest absolute Gasteiger partial charge is 0.456 e. The number of fused-ring (bicyclic) bond motifs is 9. The van der Waals surface area contributed by atoms with Gasteiger partial charge in [-0.3, -0.25) is 0 Å². The van der Waals surface area contributed by atoms with Crippen LogP contribution in [0.5, 0.6) is 0 Å². The van der Waals surface area contributed by atoms with Gasteiger partial charge in [-0.05, 0) is 142 Å². The molecule has 0 unspecified atom stereocenters. The summed E-state index contributed by atoms with van der Waals surface area (Å²) >= 11 is 0. The van der Waals surface area contributed by atoms with Gasteiger partial charge in [-0.25, -0.2) is 0 Å². The van der Waals surface area contributed by atoms with Crippen molar-refractivity contribution in [2.24, 2.45) is 0 Å². The number of hydrogen-bond donors (Lipinski definition) is 0. The quantitative estimate of drug-likeness (QED) is 0.174. The highest BCUT2D eigenvalue weighted by Gasteiger charge is 2.24. The molecular weight excluding hydrogens is 751 g/mol. The predicted molar refractivity (Wildman–Crippen MR) is 268 cm³/mol. The van der Waals surface area contributed by atoms with Gasteiger partial charge in [0, 0.05) is 27.2 Å². The molecule has 1 aliphatic carbocycles. The van der Waals surface area contributed by atoms with E-state index in [2.05, 4.69) is 197 Å². The molecule has 0 bridgehead atoms. The van der Waals surface area contributed by atoms with Gasteiger partial charge in [-0.15, -0.1) is 0 Å². The highest BCUT2D eigenvalue weighted by Crippen LogP contribution is 2.48. The number of aryl methyl sites for hydroxylation is 3. The minimum atomic E-state index is 0.921. The van der Waals surface area contributed by atoms with Gasteiger partial charge in [-0.2, -0.15) is 0 Å². The Balaban J connectivity index is 0.000000241. The van der Waals surface area contributed by atoms with Crippen molar-refractivity contribution in [3.05, 3.63) is 235 Å². The molecule has 298 valence electrons. The van der Waals surface area contributed by atoms with Crippen molar-refractivity contribution in [1.29, 1.82) is 0 Å². The zero-order valence-electron chi connectivity index (χ0n) is 35.7. The van der Waals surface area contributed by atoms with E-state index in [1.807, 2.05) is 36.4 Å². The van der Waals surface area contributed by atoms with Crippen LogP contribution in [0.25, 0.3) is 93.2 Å². The first kappa shape index (κ1) is 38.5. The van der Waals surface area contributed by atoms with E-state index in [4.69, 9.17) is 4.42 Å². The lowest BCUT2D eigenvalue weighted by Crippen LogP contribution is -1.94. The van der Waals surface area contributed by atoms with Crippen molar-refractivity contribution in [1.82, 2.24) is 4.57 Å². The second-order valence-corrected chi connectivity index (χ2v) is 16.3. The smallest absolute Gasteiger partial charge is 0.136 e. The zero-order chi connectivity index (χ0) is 42.5. The van der Waals surface area contributed by atoms with Crippen LogP contribution < -0.4 is 0 Å². The van der Waals surface area contributed by atoms with Gasteiger partial charge in [0.2, 0.25) is 0 Å². The highest BCUT2D eigenvalue weighted by molar-refractivity contribution is 6.29. The molecule has 0 amide bonds. The van der Waals surface area contributed by atoms with Crippen LogP contribution in [-0.2, 0) is 0 Å². The van der Waals surface area contributed by atoms with Gasteiger partial charge in [0.25, 0.3) is 0 Å². The van der Waals surface area contributed by atoms with Crippen molar-refractivity contribution in [2.45, 2.75) is 27.7 Å². The second kappa shape index (κ2) is 15.7. The minimum absolute atomic E-state index is 0.921. The van der Waals surface area contributed by atoms with E-state index in [0.29, 0.717) is 0 Å². The van der Waals surface area contributed by atoms with Crippen molar-refractivity contribution < 1.29 is 4.42 Å². The SMILES string of the molecule is C=C/C=C1\C(=C)c2cccc3c(-c4cccc(-n5c6ccccc6c6c7ccc8oc9ccccc9c8c7ccc65)c4)ccc1c23.Cc1cccc(C)c1C.Cc1ccccc1. The van der Waals surface area contributed by atoms with E-state index >= 15 is 0 Å². The predicted octanol–water partition coefficient (Wildman–Crippen LogP) is 16.9. The molecule has 0 radical (unpaired) electrons. The molecule has 2 heteroatoms. The number of nitrogens with zero attached hydrogens (tertiary/aromatic N) is 1. The Kier molecular flexibility index (Phi) is 9.77. The molecule has 2 heterocycles. The fraction of sp³-hybridized carbons (Fsp3) is 0.0667. The van der Waals surface area contributed by atoms with Crippen molar-refractivity contribution in [3.63, 3.8) is 0 Å². The molecule has 2 nitrogen and oxygen atoms in total. The van der Waals surface area contributed by atoms with E-state index < -0.39 is 0 Å². The molecule has 2 aromatic heterocycles. The number of para-hydroxylation sites is 2. The maximum Gasteiger partial charge on any atom is 0.136 e. The second-order valence-electron chi connectivity index (χ2n) is 16.3. The van der Waals surface area contributed by atoms with Crippen LogP contribution in [0.2, 0.25) is 0 Å². The Hall–Kier alpha value is -7.68. The van der Waals surface area contributed by atoms with Crippen molar-refractivity contribution >= 4 is 76.4 Å². The standard InChI is InChI=1S/C44H27NO.C9H12.C7H8/c1-3-10-29-26(2)30-15-9-16-32-31(19-20-33(29)42(30)32)27-11-8-12-28(25-27)45-38-17-6-4-13-36(38)43-34-22-24-41-44(35(34)21-23-39(43)45)37-14-5-7-18-40(37)46-41;1-7-5-4-6-8(2)9(7)3;1-7-5-3-2-4-6-7/h3-25H,1-2H2;4-6H,1-3H3;2-6H,1H3/b29-10+;;. The maximum absolute atomic E-state index is 6.25. The Bertz CT molecular complexity index is 3570. The first-order valence-electron chi connectivity index (χ1n) is 21.3. The number of furan rings is 1. The van der Waals surface area contributed by atoms with Crippen molar-refractivity contribution in [2.75, 3.05) is 0 Å². The minimum Gasteiger partial charge on any atom is -0.456 e. The van der Waals surface area contributed by atoms with Gasteiger partial charge in [-0.1, -0.05) is 164 Å². The summed E-state index contributed by atoms with van der Waals surface area (Å²) in [6, 6.07) is 62.7. The summed E-state index contributed by atoms with van der Waals surface area (Å²) in [6.45, 7) is 16.9. The molecular formula is C60H47NO. The van der Waals surface area contributed by atoms with E-state index in [-0.39, 0.29) is 0 Å². The molecule has 0 atom stereocenters. The number of rotatable bonds is 3. The van der Waals surface area contributed by atoms with Gasteiger partial charge in [0.05, 0.1) is 11.0 Å². The van der Waals surface area contributed by atoms with E-state index in [1.54, 1.807) is 0 Å². The summed E-state index contributed by atoms with van der Waals surface area (Å²) in [7, 11) is 0. The first-order chi connectivity index (χ1) is 30.3. The van der Waals surface area contributed by atoms with Gasteiger partial charge < -0.3 is 8.98 Å². The summed E-state index contributed by atoms with van der Waals surface area (Å²) in [5.41, 5.74) is 17.9. The third-order valence-electron chi connectivity index (χ3n) is 12.7. The topological polar surface area (TPSA) is 18.1 Å². The average Bonchev–Trinajstić information content (AvgIpc) is 3.95. The molecule has 0 N–H and O–H groups in total. The molecule has 11 aromatic rings. The summed E-state index contributed by atoms with van der Waals surface area (Å²) in [5, 5.41) is 9.79.